The van der Waals surface area contributed by atoms with Gasteiger partial charge in [0.15, 0.2) is 0 Å². The van der Waals surface area contributed by atoms with Crippen LogP contribution in [0, 0.1) is 0 Å². The van der Waals surface area contributed by atoms with Crippen molar-refractivity contribution in [1.29, 1.82) is 0 Å². The molecule has 1 aliphatic heterocycles. The first kappa shape index (κ1) is 11.8. The number of halogens is 1. The number of rotatable bonds is 1. The van der Waals surface area contributed by atoms with Gasteiger partial charge in [0, 0.05) is 19.1 Å². The first-order valence-electron chi connectivity index (χ1n) is 5.15. The van der Waals surface area contributed by atoms with Crippen LogP contribution in [-0.4, -0.2) is 53.8 Å². The molecule has 0 bridgehead atoms. The van der Waals surface area contributed by atoms with Gasteiger partial charge in [-0.15, -0.1) is 11.6 Å². The molecule has 0 aliphatic carbocycles. The molecule has 0 radical (unpaired) electrons. The molecule has 0 saturated carbocycles. The molecule has 0 aromatic carbocycles. The number of carbonyl (C=O) groups excluding carboxylic acids is 1. The molecule has 3 nitrogen and oxygen atoms in total. The number of alkyl halides is 1. The van der Waals surface area contributed by atoms with Gasteiger partial charge in [0.25, 0.3) is 0 Å². The van der Waals surface area contributed by atoms with E-state index in [1.54, 1.807) is 6.92 Å². The van der Waals surface area contributed by atoms with E-state index in [9.17, 15) is 4.79 Å². The van der Waals surface area contributed by atoms with Gasteiger partial charge in [-0.3, -0.25) is 4.79 Å². The minimum Gasteiger partial charge on any atom is -0.337 e. The lowest BCUT2D eigenvalue weighted by atomic mass is 10.2. The summed E-state index contributed by atoms with van der Waals surface area (Å²) in [6, 6.07) is 0.274. The Balaban J connectivity index is 2.63. The fraction of sp³-hybridized carbons (Fsp3) is 0.900. The number of nitrogens with zero attached hydrogens (tertiary/aromatic N) is 2. The Morgan fingerprint density at radius 2 is 2.14 bits per heavy atom. The van der Waals surface area contributed by atoms with Crippen LogP contribution in [0.1, 0.15) is 20.3 Å². The Morgan fingerprint density at radius 1 is 1.50 bits per heavy atom. The molecule has 1 heterocycles. The number of hydrogen-bond donors (Lipinski definition) is 0. The van der Waals surface area contributed by atoms with Gasteiger partial charge in [0.1, 0.15) is 5.38 Å². The first-order chi connectivity index (χ1) is 6.52. The van der Waals surface area contributed by atoms with Crippen molar-refractivity contribution in [3.8, 4) is 0 Å². The van der Waals surface area contributed by atoms with Crippen LogP contribution in [0.25, 0.3) is 0 Å². The summed E-state index contributed by atoms with van der Waals surface area (Å²) in [5.74, 6) is 0.0643. The molecule has 0 aromatic rings. The van der Waals surface area contributed by atoms with Crippen LogP contribution in [-0.2, 0) is 4.79 Å². The van der Waals surface area contributed by atoms with Gasteiger partial charge < -0.3 is 9.80 Å². The maximum atomic E-state index is 11.7. The standard InChI is InChI=1S/C10H19ClN2O/c1-8-7-12(3)5-4-6-13(8)10(14)9(2)11/h8-9H,4-7H2,1-3H3. The Hall–Kier alpha value is -0.280. The summed E-state index contributed by atoms with van der Waals surface area (Å²) >= 11 is 5.81. The lowest BCUT2D eigenvalue weighted by Crippen LogP contribution is -2.44. The normalized spacial score (nSPS) is 27.1. The highest BCUT2D eigenvalue weighted by Gasteiger charge is 2.26. The highest BCUT2D eigenvalue weighted by molar-refractivity contribution is 6.30. The molecule has 14 heavy (non-hydrogen) atoms. The highest BCUT2D eigenvalue weighted by Crippen LogP contribution is 2.12. The van der Waals surface area contributed by atoms with Crippen molar-refractivity contribution in [2.45, 2.75) is 31.7 Å². The predicted octanol–water partition coefficient (Wildman–Crippen LogP) is 1.17. The summed E-state index contributed by atoms with van der Waals surface area (Å²) in [7, 11) is 2.09. The minimum absolute atomic E-state index is 0.0643. The maximum absolute atomic E-state index is 11.7. The van der Waals surface area contributed by atoms with Crippen LogP contribution in [0.3, 0.4) is 0 Å². The van der Waals surface area contributed by atoms with Gasteiger partial charge in [-0.2, -0.15) is 0 Å². The van der Waals surface area contributed by atoms with E-state index in [0.717, 1.165) is 26.1 Å². The van der Waals surface area contributed by atoms with Gasteiger partial charge in [0.2, 0.25) is 5.91 Å². The molecular formula is C10H19ClN2O. The van der Waals surface area contributed by atoms with E-state index in [-0.39, 0.29) is 11.9 Å². The van der Waals surface area contributed by atoms with E-state index in [1.165, 1.54) is 0 Å². The molecule has 0 spiro atoms. The van der Waals surface area contributed by atoms with E-state index >= 15 is 0 Å². The van der Waals surface area contributed by atoms with Crippen molar-refractivity contribution in [2.24, 2.45) is 0 Å². The van der Waals surface area contributed by atoms with Crippen LogP contribution < -0.4 is 0 Å². The SMILES string of the molecule is CC(Cl)C(=O)N1CCCN(C)CC1C. The molecule has 1 fully saturated rings. The van der Waals surface area contributed by atoms with Crippen LogP contribution in [0.4, 0.5) is 0 Å². The number of carbonyl (C=O) groups is 1. The summed E-state index contributed by atoms with van der Waals surface area (Å²) in [6.45, 7) is 6.66. The zero-order valence-electron chi connectivity index (χ0n) is 9.16. The average Bonchev–Trinajstić information content (AvgIpc) is 2.25. The molecule has 0 aromatic heterocycles. The molecule has 1 aliphatic rings. The number of amides is 1. The largest absolute Gasteiger partial charge is 0.337 e. The molecule has 1 rings (SSSR count). The number of hydrogen-bond acceptors (Lipinski definition) is 2. The van der Waals surface area contributed by atoms with E-state index in [2.05, 4.69) is 18.9 Å². The molecule has 1 amide bonds. The Bertz CT molecular complexity index is 208. The second kappa shape index (κ2) is 4.99. The fourth-order valence-corrected chi connectivity index (χ4v) is 2.05. The van der Waals surface area contributed by atoms with Crippen LogP contribution in [0.2, 0.25) is 0 Å². The van der Waals surface area contributed by atoms with Crippen molar-refractivity contribution in [1.82, 2.24) is 9.80 Å². The third-order valence-corrected chi connectivity index (χ3v) is 2.86. The second-order valence-electron chi connectivity index (χ2n) is 4.11. The van der Waals surface area contributed by atoms with Gasteiger partial charge in [0.05, 0.1) is 0 Å². The summed E-state index contributed by atoms with van der Waals surface area (Å²) in [6.07, 6.45) is 1.04. The second-order valence-corrected chi connectivity index (χ2v) is 4.77. The fourth-order valence-electron chi connectivity index (χ4n) is 1.93. The van der Waals surface area contributed by atoms with Crippen molar-refractivity contribution in [3.63, 3.8) is 0 Å². The lowest BCUT2D eigenvalue weighted by molar-refractivity contribution is -0.132. The van der Waals surface area contributed by atoms with E-state index in [0.29, 0.717) is 0 Å². The Morgan fingerprint density at radius 3 is 2.71 bits per heavy atom. The minimum atomic E-state index is -0.402. The van der Waals surface area contributed by atoms with Gasteiger partial charge >= 0.3 is 0 Å². The monoisotopic (exact) mass is 218 g/mol. The van der Waals surface area contributed by atoms with Gasteiger partial charge in [-0.1, -0.05) is 0 Å². The van der Waals surface area contributed by atoms with Crippen molar-refractivity contribution >= 4 is 17.5 Å². The van der Waals surface area contributed by atoms with E-state index in [4.69, 9.17) is 11.6 Å². The van der Waals surface area contributed by atoms with Crippen LogP contribution in [0.5, 0.6) is 0 Å². The van der Waals surface area contributed by atoms with Gasteiger partial charge in [-0.25, -0.2) is 0 Å². The molecule has 1 saturated heterocycles. The highest BCUT2D eigenvalue weighted by atomic mass is 35.5. The third-order valence-electron chi connectivity index (χ3n) is 2.67. The number of likely N-dealkylation sites (N-methyl/N-ethyl adjacent to an activating group) is 1. The molecule has 2 atom stereocenters. The molecule has 0 N–H and O–H groups in total. The molecular weight excluding hydrogens is 200 g/mol. The molecule has 2 unspecified atom stereocenters. The van der Waals surface area contributed by atoms with Crippen molar-refractivity contribution < 1.29 is 4.79 Å². The summed E-state index contributed by atoms with van der Waals surface area (Å²) in [4.78, 5) is 15.9. The maximum Gasteiger partial charge on any atom is 0.240 e. The first-order valence-corrected chi connectivity index (χ1v) is 5.59. The summed E-state index contributed by atoms with van der Waals surface area (Å²) < 4.78 is 0. The lowest BCUT2D eigenvalue weighted by Gasteiger charge is -2.28. The smallest absolute Gasteiger partial charge is 0.240 e. The zero-order valence-corrected chi connectivity index (χ0v) is 9.92. The zero-order chi connectivity index (χ0) is 10.7. The van der Waals surface area contributed by atoms with E-state index in [1.807, 2.05) is 4.90 Å². The Kier molecular flexibility index (Phi) is 4.20. The summed E-state index contributed by atoms with van der Waals surface area (Å²) in [5, 5.41) is -0.402. The van der Waals surface area contributed by atoms with Crippen LogP contribution in [0.15, 0.2) is 0 Å². The van der Waals surface area contributed by atoms with Crippen LogP contribution >= 0.6 is 11.6 Å². The quantitative estimate of drug-likeness (QED) is 0.617. The molecule has 4 heteroatoms. The third kappa shape index (κ3) is 2.85. The van der Waals surface area contributed by atoms with Crippen molar-refractivity contribution in [3.05, 3.63) is 0 Å². The predicted molar refractivity (Wildman–Crippen MR) is 58.6 cm³/mol. The average molecular weight is 219 g/mol. The topological polar surface area (TPSA) is 23.6 Å². The van der Waals surface area contributed by atoms with Gasteiger partial charge in [-0.05, 0) is 33.9 Å². The van der Waals surface area contributed by atoms with E-state index < -0.39 is 5.38 Å². The Labute approximate surface area is 91.0 Å². The molecule has 82 valence electrons. The summed E-state index contributed by atoms with van der Waals surface area (Å²) in [5.41, 5.74) is 0. The van der Waals surface area contributed by atoms with Crippen molar-refractivity contribution in [2.75, 3.05) is 26.7 Å².